The Hall–Kier alpha value is -3.78. The van der Waals surface area contributed by atoms with Crippen LogP contribution in [0.5, 0.6) is 0 Å². The maximum atomic E-state index is 2.61. The van der Waals surface area contributed by atoms with Gasteiger partial charge in [0, 0.05) is 8.07 Å². The molecule has 0 spiro atoms. The van der Waals surface area contributed by atoms with Crippen molar-refractivity contribution in [1.82, 2.24) is 0 Å². The van der Waals surface area contributed by atoms with Crippen molar-refractivity contribution in [1.29, 1.82) is 0 Å². The molecule has 0 fully saturated rings. The van der Waals surface area contributed by atoms with Gasteiger partial charge in [-0.05, 0) is 35.1 Å². The van der Waals surface area contributed by atoms with Crippen molar-refractivity contribution in [3.63, 3.8) is 0 Å². The van der Waals surface area contributed by atoms with Crippen molar-refractivity contribution >= 4 is 40.0 Å². The van der Waals surface area contributed by atoms with Crippen LogP contribution < -0.4 is 35.2 Å². The van der Waals surface area contributed by atoms with Crippen LogP contribution in [-0.2, 0) is 39.0 Å². The summed E-state index contributed by atoms with van der Waals surface area (Å²) in [5.74, 6) is 0. The molecule has 8 aromatic rings. The monoisotopic (exact) mass is 834 g/mol. The number of benzene rings is 6. The first-order valence-electron chi connectivity index (χ1n) is 18.7. The van der Waals surface area contributed by atoms with E-state index in [0.717, 1.165) is 25.7 Å². The third-order valence-corrected chi connectivity index (χ3v) is 14.4. The second-order valence-corrected chi connectivity index (χ2v) is 18.9. The summed E-state index contributed by atoms with van der Waals surface area (Å²) in [7, 11) is -2.51. The minimum atomic E-state index is -2.51. The van der Waals surface area contributed by atoms with Crippen molar-refractivity contribution in [3.8, 4) is 44.5 Å². The zero-order valence-corrected chi connectivity index (χ0v) is 36.6. The Morgan fingerprint density at radius 1 is 0.426 bits per heavy atom. The molecule has 54 heavy (non-hydrogen) atoms. The van der Waals surface area contributed by atoms with Crippen molar-refractivity contribution in [2.45, 2.75) is 52.6 Å². The zero-order valence-electron chi connectivity index (χ0n) is 31.6. The molecule has 0 nitrogen and oxygen atoms in total. The van der Waals surface area contributed by atoms with Gasteiger partial charge in [-0.25, -0.2) is 0 Å². The van der Waals surface area contributed by atoms with E-state index in [1.54, 1.807) is 0 Å². The van der Waals surface area contributed by atoms with Crippen LogP contribution in [0.15, 0.2) is 158 Å². The number of rotatable bonds is 10. The van der Waals surface area contributed by atoms with Crippen LogP contribution in [0.25, 0.3) is 66.1 Å². The molecule has 0 aromatic heterocycles. The molecular formula is C50H46Cl2SiZr. The smallest absolute Gasteiger partial charge is 1.00 e. The Bertz CT molecular complexity index is 2270. The van der Waals surface area contributed by atoms with E-state index in [1.807, 2.05) is 0 Å². The fourth-order valence-electron chi connectivity index (χ4n) is 8.54. The predicted octanol–water partition coefficient (Wildman–Crippen LogP) is 6.83. The summed E-state index contributed by atoms with van der Waals surface area (Å²) in [5, 5.41) is 8.51. The summed E-state index contributed by atoms with van der Waals surface area (Å²) in [5.41, 5.74) is 13.4. The number of aryl methyl sites for hydroxylation is 2. The molecule has 0 bridgehead atoms. The van der Waals surface area contributed by atoms with E-state index in [2.05, 4.69) is 185 Å². The summed E-state index contributed by atoms with van der Waals surface area (Å²) in [4.78, 5) is 0. The molecule has 0 aliphatic carbocycles. The van der Waals surface area contributed by atoms with Gasteiger partial charge in [0.05, 0.1) is 0 Å². The minimum Gasteiger partial charge on any atom is -1.00 e. The second kappa shape index (κ2) is 17.8. The molecule has 0 N–H and O–H groups in total. The molecule has 0 saturated heterocycles. The van der Waals surface area contributed by atoms with Gasteiger partial charge in [0.2, 0.25) is 0 Å². The van der Waals surface area contributed by atoms with Crippen LogP contribution in [-0.4, -0.2) is 8.07 Å². The quantitative estimate of drug-likeness (QED) is 0.105. The third-order valence-electron chi connectivity index (χ3n) is 10.9. The van der Waals surface area contributed by atoms with Crippen molar-refractivity contribution in [3.05, 3.63) is 169 Å². The van der Waals surface area contributed by atoms with Gasteiger partial charge in [0.1, 0.15) is 0 Å². The van der Waals surface area contributed by atoms with Crippen LogP contribution in [0, 0.1) is 0 Å². The Labute approximate surface area is 354 Å². The van der Waals surface area contributed by atoms with E-state index in [0.29, 0.717) is 0 Å². The molecule has 4 heteroatoms. The van der Waals surface area contributed by atoms with Crippen LogP contribution >= 0.6 is 0 Å². The molecule has 0 radical (unpaired) electrons. The fourth-order valence-corrected chi connectivity index (χ4v) is 12.4. The van der Waals surface area contributed by atoms with Gasteiger partial charge in [-0.2, -0.15) is 0 Å². The summed E-state index contributed by atoms with van der Waals surface area (Å²) >= 11 is 0. The number of hydrogen-bond acceptors (Lipinski definition) is 0. The maximum absolute atomic E-state index is 2.61. The van der Waals surface area contributed by atoms with E-state index in [9.17, 15) is 0 Å². The van der Waals surface area contributed by atoms with Crippen molar-refractivity contribution in [2.24, 2.45) is 0 Å². The summed E-state index contributed by atoms with van der Waals surface area (Å²) in [6.07, 6.45) is 4.54. The summed E-state index contributed by atoms with van der Waals surface area (Å²) in [6.45, 7) is 9.73. The average molecular weight is 837 g/mol. The summed E-state index contributed by atoms with van der Waals surface area (Å²) < 4.78 is 0. The van der Waals surface area contributed by atoms with E-state index < -0.39 is 8.07 Å². The number of hydrogen-bond donors (Lipinski definition) is 0. The van der Waals surface area contributed by atoms with Crippen molar-refractivity contribution in [2.75, 3.05) is 0 Å². The molecule has 0 aliphatic rings. The van der Waals surface area contributed by atoms with Crippen LogP contribution in [0.4, 0.5) is 0 Å². The Balaban J connectivity index is 0.00000187. The first-order valence-corrected chi connectivity index (χ1v) is 21.7. The van der Waals surface area contributed by atoms with Gasteiger partial charge < -0.3 is 24.8 Å². The first kappa shape index (κ1) is 41.4. The molecular weight excluding hydrogens is 791 g/mol. The Morgan fingerprint density at radius 3 is 1.15 bits per heavy atom. The minimum absolute atomic E-state index is 0. The van der Waals surface area contributed by atoms with Gasteiger partial charge in [-0.3, -0.25) is 0 Å². The molecule has 0 amide bonds. The van der Waals surface area contributed by atoms with Crippen LogP contribution in [0.2, 0.25) is 13.1 Å². The fraction of sp³-hybridized carbons (Fsp3) is 0.160. The van der Waals surface area contributed by atoms with Gasteiger partial charge in [0.25, 0.3) is 0 Å². The molecule has 268 valence electrons. The number of halogens is 2. The zero-order chi connectivity index (χ0) is 35.0. The standard InChI is InChI=1S/C50H46Si.2ClH.Zr/c1-5-15-35-25-29-39(30-26-35)43-23-13-21-41-33-45(37-17-9-7-10-18-37)49(47(41)43)51(3,4)50-46(38-19-11-8-12-20-38)34-42-22-14-24-44(48(42)50)40-31-27-36(16-6-2)28-32-40;;;/h7-14,17-34H,5-6,15-16H2,1-4H3;2*1H;/q-2;;;+4/p-2. The largest absolute Gasteiger partial charge is 4.00 e. The van der Waals surface area contributed by atoms with E-state index in [-0.39, 0.29) is 51.0 Å². The van der Waals surface area contributed by atoms with E-state index in [4.69, 9.17) is 0 Å². The number of fused-ring (bicyclic) bond motifs is 2. The topological polar surface area (TPSA) is 0 Å². The maximum Gasteiger partial charge on any atom is 4.00 e. The Kier molecular flexibility index (Phi) is 13.6. The van der Waals surface area contributed by atoms with Crippen LogP contribution in [0.3, 0.4) is 0 Å². The van der Waals surface area contributed by atoms with Gasteiger partial charge >= 0.3 is 26.2 Å². The first-order chi connectivity index (χ1) is 25.0. The van der Waals surface area contributed by atoms with Crippen LogP contribution in [0.1, 0.15) is 37.8 Å². The summed E-state index contributed by atoms with van der Waals surface area (Å²) in [6, 6.07) is 59.7. The molecule has 0 unspecified atom stereocenters. The molecule has 8 aromatic carbocycles. The molecule has 0 atom stereocenters. The molecule has 0 heterocycles. The van der Waals surface area contributed by atoms with E-state index >= 15 is 0 Å². The average Bonchev–Trinajstić information content (AvgIpc) is 3.78. The van der Waals surface area contributed by atoms with Gasteiger partial charge in [-0.15, -0.1) is 67.3 Å². The molecule has 8 rings (SSSR count). The Morgan fingerprint density at radius 2 is 0.796 bits per heavy atom. The predicted molar refractivity (Wildman–Crippen MR) is 226 cm³/mol. The van der Waals surface area contributed by atoms with Gasteiger partial charge in [0.15, 0.2) is 0 Å². The SMILES string of the molecule is CCCc1ccc(-c2cccc3[cH-]c(-c4ccccc4)c([Si](C)(C)c4c(-c5ccccc5)[cH-]c5cccc(-c6ccc(CCC)cc6)c45)c23)cc1.[Cl-].[Cl-].[Zr+4]. The normalized spacial score (nSPS) is 11.2. The van der Waals surface area contributed by atoms with Gasteiger partial charge in [-0.1, -0.05) is 195 Å². The van der Waals surface area contributed by atoms with E-state index in [1.165, 1.54) is 87.6 Å². The molecule has 0 aliphatic heterocycles. The third kappa shape index (κ3) is 7.69. The second-order valence-electron chi connectivity index (χ2n) is 14.7. The van der Waals surface area contributed by atoms with Crippen molar-refractivity contribution < 1.29 is 51.0 Å². The molecule has 0 saturated carbocycles.